The molecule has 1 aliphatic carbocycles. The molecule has 0 N–H and O–H groups in total. The van der Waals surface area contributed by atoms with Crippen molar-refractivity contribution in [2.45, 2.75) is 18.3 Å². The highest BCUT2D eigenvalue weighted by atomic mass is 35.5. The van der Waals surface area contributed by atoms with Crippen LogP contribution in [0.5, 0.6) is 0 Å². The topological polar surface area (TPSA) is 64.7 Å². The molecule has 6 heteroatoms. The summed E-state index contributed by atoms with van der Waals surface area (Å²) in [6.45, 7) is 0. The number of hydrogen-bond donors (Lipinski definition) is 0. The first-order chi connectivity index (χ1) is 15.9. The number of ketones is 1. The summed E-state index contributed by atoms with van der Waals surface area (Å²) >= 11 is 6.06. The second-order valence-electron chi connectivity index (χ2n) is 7.96. The average Bonchev–Trinajstić information content (AvgIpc) is 2.83. The van der Waals surface area contributed by atoms with Gasteiger partial charge in [0.05, 0.1) is 12.1 Å². The zero-order chi connectivity index (χ0) is 23.6. The van der Waals surface area contributed by atoms with E-state index in [1.54, 1.807) is 30.3 Å². The molecule has 1 fully saturated rings. The van der Waals surface area contributed by atoms with Crippen molar-refractivity contribution in [2.24, 2.45) is 5.41 Å². The number of allylic oxidation sites excluding steroid dienone is 1. The van der Waals surface area contributed by atoms with E-state index < -0.39 is 28.9 Å². The highest BCUT2D eigenvalue weighted by Crippen LogP contribution is 2.56. The summed E-state index contributed by atoms with van der Waals surface area (Å²) in [6, 6.07) is 22.2. The number of Topliss-reactive ketones (excluding diaryl/α,β-unsaturated/α-hetero) is 1. The number of benzene rings is 3. The van der Waals surface area contributed by atoms with Crippen molar-refractivity contribution in [3.05, 3.63) is 112 Å². The molecule has 3 aromatic carbocycles. The minimum Gasteiger partial charge on any atom is -0.295 e. The van der Waals surface area contributed by atoms with Gasteiger partial charge in [-0.25, -0.2) is 8.78 Å². The second-order valence-corrected chi connectivity index (χ2v) is 8.40. The van der Waals surface area contributed by atoms with E-state index in [0.717, 1.165) is 0 Å². The quantitative estimate of drug-likeness (QED) is 0.416. The van der Waals surface area contributed by atoms with Crippen LogP contribution in [0.4, 0.5) is 8.78 Å². The van der Waals surface area contributed by atoms with Gasteiger partial charge in [0.1, 0.15) is 11.6 Å². The lowest BCUT2D eigenvalue weighted by atomic mass is 9.55. The summed E-state index contributed by atoms with van der Waals surface area (Å²) in [4.78, 5) is 13.4. The molecule has 33 heavy (non-hydrogen) atoms. The van der Waals surface area contributed by atoms with Gasteiger partial charge >= 0.3 is 0 Å². The molecule has 0 heterocycles. The summed E-state index contributed by atoms with van der Waals surface area (Å²) in [6.07, 6.45) is 1.51. The molecule has 0 aliphatic heterocycles. The van der Waals surface area contributed by atoms with Gasteiger partial charge in [-0.2, -0.15) is 10.5 Å². The van der Waals surface area contributed by atoms with Crippen molar-refractivity contribution in [1.29, 1.82) is 10.5 Å². The lowest BCUT2D eigenvalue weighted by Gasteiger charge is -2.41. The molecule has 0 amide bonds. The van der Waals surface area contributed by atoms with Crippen LogP contribution in [0.25, 0.3) is 6.08 Å². The molecule has 1 aliphatic rings. The predicted molar refractivity (Wildman–Crippen MR) is 121 cm³/mol. The van der Waals surface area contributed by atoms with Crippen LogP contribution >= 0.6 is 11.6 Å². The summed E-state index contributed by atoms with van der Waals surface area (Å²) in [7, 11) is 0. The van der Waals surface area contributed by atoms with Crippen LogP contribution in [0.1, 0.15) is 34.9 Å². The van der Waals surface area contributed by atoms with E-state index in [9.17, 15) is 24.1 Å². The van der Waals surface area contributed by atoms with Crippen molar-refractivity contribution in [2.75, 3.05) is 0 Å². The molecule has 0 aromatic heterocycles. The Morgan fingerprint density at radius 2 is 1.36 bits per heavy atom. The highest BCUT2D eigenvalue weighted by Gasteiger charge is 2.55. The molecule has 3 aromatic rings. The minimum atomic E-state index is -1.65. The van der Waals surface area contributed by atoms with Crippen LogP contribution in [0.15, 0.2) is 78.4 Å². The van der Waals surface area contributed by atoms with E-state index in [0.29, 0.717) is 21.7 Å². The zero-order valence-corrected chi connectivity index (χ0v) is 18.1. The number of nitrogens with zero attached hydrogens (tertiary/aromatic N) is 2. The smallest absolute Gasteiger partial charge is 0.161 e. The van der Waals surface area contributed by atoms with Crippen LogP contribution < -0.4 is 0 Å². The molecular weight excluding hydrogens is 442 g/mol. The third kappa shape index (κ3) is 4.16. The second kappa shape index (κ2) is 8.98. The van der Waals surface area contributed by atoms with Gasteiger partial charge < -0.3 is 0 Å². The summed E-state index contributed by atoms with van der Waals surface area (Å²) in [5.74, 6) is -2.78. The maximum absolute atomic E-state index is 13.6. The Morgan fingerprint density at radius 3 is 1.91 bits per heavy atom. The molecule has 0 bridgehead atoms. The maximum atomic E-state index is 13.6. The lowest BCUT2D eigenvalue weighted by molar-refractivity contribution is -0.118. The molecular formula is C27H17ClF2N2O. The third-order valence-corrected chi connectivity index (χ3v) is 6.32. The Morgan fingerprint density at radius 1 is 0.848 bits per heavy atom. The van der Waals surface area contributed by atoms with Gasteiger partial charge in [0.2, 0.25) is 0 Å². The van der Waals surface area contributed by atoms with E-state index in [2.05, 4.69) is 12.1 Å². The fourth-order valence-electron chi connectivity index (χ4n) is 4.46. The van der Waals surface area contributed by atoms with Crippen molar-refractivity contribution in [3.8, 4) is 12.1 Å². The molecule has 0 spiro atoms. The number of halogens is 3. The number of hydrogen-bond acceptors (Lipinski definition) is 3. The van der Waals surface area contributed by atoms with Gasteiger partial charge in [0.15, 0.2) is 11.2 Å². The minimum absolute atomic E-state index is 0.0934. The average molecular weight is 459 g/mol. The monoisotopic (exact) mass is 458 g/mol. The Bertz CT molecular complexity index is 1290. The van der Waals surface area contributed by atoms with Crippen molar-refractivity contribution in [1.82, 2.24) is 0 Å². The van der Waals surface area contributed by atoms with Crippen LogP contribution in [0.2, 0.25) is 5.02 Å². The standard InChI is InChI=1S/C27H17ClF2N2O/c28-20-7-3-19(4-8-20)26-23(13-17-1-9-21(29)10-2-17)25(33)14-24(27(26,15-31)16-32)18-5-11-22(30)12-6-18/h1-13,24,26H,14H2/b23-13-/t24-,26+/m0/s1. The summed E-state index contributed by atoms with van der Waals surface area (Å²) in [5.41, 5.74) is 0.323. The molecule has 162 valence electrons. The van der Waals surface area contributed by atoms with Crippen LogP contribution in [0, 0.1) is 39.7 Å². The van der Waals surface area contributed by atoms with Gasteiger partial charge in [0, 0.05) is 28.9 Å². The number of rotatable bonds is 3. The zero-order valence-electron chi connectivity index (χ0n) is 17.3. The first kappa shape index (κ1) is 22.4. The Labute approximate surface area is 195 Å². The first-order valence-corrected chi connectivity index (χ1v) is 10.6. The molecule has 0 unspecified atom stereocenters. The van der Waals surface area contributed by atoms with Gasteiger partial charge in [-0.15, -0.1) is 0 Å². The summed E-state index contributed by atoms with van der Waals surface area (Å²) in [5, 5.41) is 21.2. The van der Waals surface area contributed by atoms with Gasteiger partial charge in [0.25, 0.3) is 0 Å². The van der Waals surface area contributed by atoms with Crippen LogP contribution in [0.3, 0.4) is 0 Å². The number of carbonyl (C=O) groups is 1. The highest BCUT2D eigenvalue weighted by molar-refractivity contribution is 6.30. The van der Waals surface area contributed by atoms with Crippen LogP contribution in [-0.4, -0.2) is 5.78 Å². The first-order valence-electron chi connectivity index (χ1n) is 10.2. The molecule has 3 nitrogen and oxygen atoms in total. The van der Waals surface area contributed by atoms with Crippen molar-refractivity contribution < 1.29 is 13.6 Å². The van der Waals surface area contributed by atoms with E-state index in [1.165, 1.54) is 48.5 Å². The number of carbonyl (C=O) groups excluding carboxylic acids is 1. The maximum Gasteiger partial charge on any atom is 0.161 e. The summed E-state index contributed by atoms with van der Waals surface area (Å²) < 4.78 is 27.0. The van der Waals surface area contributed by atoms with Gasteiger partial charge in [-0.3, -0.25) is 4.79 Å². The Balaban J connectivity index is 1.95. The molecule has 0 saturated heterocycles. The SMILES string of the molecule is N#CC1(C#N)[C@H](c2ccc(F)cc2)CC(=O)/C(=C/c2ccc(F)cc2)[C@H]1c1ccc(Cl)cc1. The van der Waals surface area contributed by atoms with Gasteiger partial charge in [-0.05, 0) is 59.2 Å². The fraction of sp³-hybridized carbons (Fsp3) is 0.148. The van der Waals surface area contributed by atoms with E-state index in [-0.39, 0.29) is 17.8 Å². The molecule has 0 radical (unpaired) electrons. The normalized spacial score (nSPS) is 20.8. The molecule has 1 saturated carbocycles. The Kier molecular flexibility index (Phi) is 6.09. The van der Waals surface area contributed by atoms with Crippen molar-refractivity contribution >= 4 is 23.5 Å². The fourth-order valence-corrected chi connectivity index (χ4v) is 4.58. The van der Waals surface area contributed by atoms with E-state index in [4.69, 9.17) is 11.6 Å². The molecule has 4 rings (SSSR count). The third-order valence-electron chi connectivity index (χ3n) is 6.07. The number of nitriles is 2. The molecule has 2 atom stereocenters. The van der Waals surface area contributed by atoms with Crippen molar-refractivity contribution in [3.63, 3.8) is 0 Å². The van der Waals surface area contributed by atoms with E-state index in [1.807, 2.05) is 0 Å². The largest absolute Gasteiger partial charge is 0.295 e. The predicted octanol–water partition coefficient (Wildman–Crippen LogP) is 6.58. The van der Waals surface area contributed by atoms with Crippen LogP contribution in [-0.2, 0) is 4.79 Å². The van der Waals surface area contributed by atoms with Gasteiger partial charge in [-0.1, -0.05) is 48.0 Å². The lowest BCUT2D eigenvalue weighted by Crippen LogP contribution is -2.41. The van der Waals surface area contributed by atoms with E-state index >= 15 is 0 Å². The Hall–Kier alpha value is -3.80.